The first-order valence-corrected chi connectivity index (χ1v) is 14.2. The van der Waals surface area contributed by atoms with Gasteiger partial charge in [0.05, 0.1) is 23.8 Å². The summed E-state index contributed by atoms with van der Waals surface area (Å²) in [5.41, 5.74) is 5.07. The largest absolute Gasteiger partial charge is 0.325 e. The number of halogens is 4. The van der Waals surface area contributed by atoms with Gasteiger partial charge in [-0.05, 0) is 73.0 Å². The Kier molecular flexibility index (Phi) is 9.64. The molecule has 6 rings (SSSR count). The van der Waals surface area contributed by atoms with E-state index in [1.807, 2.05) is 38.1 Å². The molecule has 0 atom stereocenters. The second-order valence-electron chi connectivity index (χ2n) is 10.3. The van der Waals surface area contributed by atoms with Crippen LogP contribution in [0.3, 0.4) is 0 Å². The van der Waals surface area contributed by atoms with Gasteiger partial charge in [-0.25, -0.2) is 37.5 Å². The summed E-state index contributed by atoms with van der Waals surface area (Å²) in [6.07, 6.45) is 7.83. The minimum Gasteiger partial charge on any atom is -0.325 e. The quantitative estimate of drug-likeness (QED) is 0.118. The van der Waals surface area contributed by atoms with E-state index in [-0.39, 0.29) is 11.1 Å². The van der Waals surface area contributed by atoms with Gasteiger partial charge in [0.2, 0.25) is 0 Å². The molecule has 0 unspecified atom stereocenters. The molecule has 6 aromatic heterocycles. The second-order valence-corrected chi connectivity index (χ2v) is 10.3. The number of aromatic nitrogens is 8. The van der Waals surface area contributed by atoms with Gasteiger partial charge < -0.3 is 10.6 Å². The minimum absolute atomic E-state index is 0.0794. The van der Waals surface area contributed by atoms with Crippen molar-refractivity contribution < 1.29 is 17.6 Å². The van der Waals surface area contributed by atoms with E-state index >= 15 is 0 Å². The minimum atomic E-state index is -2.92. The second kappa shape index (κ2) is 14.0. The molecule has 0 bridgehead atoms. The zero-order valence-electron chi connectivity index (χ0n) is 25.1. The average Bonchev–Trinajstić information content (AvgIpc) is 3.77. The van der Waals surface area contributed by atoms with Crippen molar-refractivity contribution >= 4 is 23.3 Å². The lowest BCUT2D eigenvalue weighted by atomic mass is 10.1. The SMILES string of the molecule is CCc1cc(Nc2cc(C(F)F)ccn2)nc(-c2cn[nH]c2)c1.Cc1cc(Nc2cc(C(C)(F)F)ccn2)nc(-c2cn[nH]c2)c1. The summed E-state index contributed by atoms with van der Waals surface area (Å²) < 4.78 is 52.4. The molecule has 0 amide bonds. The summed E-state index contributed by atoms with van der Waals surface area (Å²) in [5.74, 6) is -1.17. The summed E-state index contributed by atoms with van der Waals surface area (Å²) in [6, 6.07) is 12.8. The maximum absolute atomic E-state index is 13.4. The van der Waals surface area contributed by atoms with Crippen molar-refractivity contribution in [1.82, 2.24) is 40.3 Å². The number of H-pyrrole nitrogens is 2. The Labute approximate surface area is 261 Å². The van der Waals surface area contributed by atoms with E-state index in [2.05, 4.69) is 51.0 Å². The van der Waals surface area contributed by atoms with Gasteiger partial charge in [0.25, 0.3) is 12.3 Å². The molecule has 6 aromatic rings. The fraction of sp³-hybridized carbons (Fsp3) is 0.188. The number of nitrogens with one attached hydrogen (secondary N) is 4. The third-order valence-corrected chi connectivity index (χ3v) is 6.67. The molecule has 0 saturated heterocycles. The number of pyridine rings is 4. The van der Waals surface area contributed by atoms with E-state index in [1.165, 1.54) is 36.7 Å². The molecule has 0 fully saturated rings. The molecule has 6 heterocycles. The number of anilines is 4. The van der Waals surface area contributed by atoms with Crippen LogP contribution in [0.15, 0.2) is 85.7 Å². The van der Waals surface area contributed by atoms with E-state index in [0.29, 0.717) is 23.3 Å². The van der Waals surface area contributed by atoms with Crippen LogP contribution in [0.25, 0.3) is 22.5 Å². The third-order valence-electron chi connectivity index (χ3n) is 6.67. The summed E-state index contributed by atoms with van der Waals surface area (Å²) in [5, 5.41) is 19.3. The molecule has 0 aliphatic rings. The number of hydrogen-bond acceptors (Lipinski definition) is 8. The van der Waals surface area contributed by atoms with Crippen LogP contribution in [-0.2, 0) is 12.3 Å². The van der Waals surface area contributed by atoms with Gasteiger partial charge in [0.1, 0.15) is 23.3 Å². The maximum Gasteiger partial charge on any atom is 0.270 e. The normalized spacial score (nSPS) is 11.2. The number of aryl methyl sites for hydroxylation is 2. The number of hydrogen-bond donors (Lipinski definition) is 4. The molecular weight excluding hydrogens is 600 g/mol. The first-order chi connectivity index (χ1) is 22.1. The van der Waals surface area contributed by atoms with Gasteiger partial charge in [-0.3, -0.25) is 10.2 Å². The number of nitrogens with zero attached hydrogens (tertiary/aromatic N) is 6. The van der Waals surface area contributed by atoms with Crippen LogP contribution >= 0.6 is 0 Å². The van der Waals surface area contributed by atoms with Crippen molar-refractivity contribution in [2.24, 2.45) is 0 Å². The van der Waals surface area contributed by atoms with Crippen molar-refractivity contribution in [2.75, 3.05) is 10.6 Å². The van der Waals surface area contributed by atoms with Crippen LogP contribution < -0.4 is 10.6 Å². The molecule has 14 heteroatoms. The molecule has 46 heavy (non-hydrogen) atoms. The van der Waals surface area contributed by atoms with E-state index in [1.54, 1.807) is 24.8 Å². The Morgan fingerprint density at radius 3 is 1.91 bits per heavy atom. The Morgan fingerprint density at radius 2 is 1.35 bits per heavy atom. The Bertz CT molecular complexity index is 1870. The Morgan fingerprint density at radius 1 is 0.761 bits per heavy atom. The van der Waals surface area contributed by atoms with E-state index in [9.17, 15) is 17.6 Å². The first kappa shape index (κ1) is 31.8. The highest BCUT2D eigenvalue weighted by atomic mass is 19.3. The lowest BCUT2D eigenvalue weighted by Crippen LogP contribution is -2.08. The molecule has 236 valence electrons. The van der Waals surface area contributed by atoms with Gasteiger partial charge in [0.15, 0.2) is 0 Å². The van der Waals surface area contributed by atoms with Gasteiger partial charge in [0, 0.05) is 54.0 Å². The number of aromatic amines is 2. The van der Waals surface area contributed by atoms with Gasteiger partial charge >= 0.3 is 0 Å². The van der Waals surface area contributed by atoms with Crippen molar-refractivity contribution in [3.63, 3.8) is 0 Å². The van der Waals surface area contributed by atoms with Gasteiger partial charge in [-0.2, -0.15) is 10.2 Å². The molecule has 0 radical (unpaired) electrons. The highest BCUT2D eigenvalue weighted by Crippen LogP contribution is 2.29. The van der Waals surface area contributed by atoms with Crippen LogP contribution in [0.1, 0.15) is 42.5 Å². The fourth-order valence-corrected chi connectivity index (χ4v) is 4.35. The van der Waals surface area contributed by atoms with Crippen LogP contribution in [-0.4, -0.2) is 40.3 Å². The summed E-state index contributed by atoms with van der Waals surface area (Å²) in [4.78, 5) is 17.1. The number of alkyl halides is 4. The van der Waals surface area contributed by atoms with Crippen molar-refractivity contribution in [3.8, 4) is 22.5 Å². The molecule has 0 aliphatic heterocycles. The number of rotatable bonds is 9. The van der Waals surface area contributed by atoms with Crippen molar-refractivity contribution in [3.05, 3.63) is 108 Å². The monoisotopic (exact) mass is 630 g/mol. The van der Waals surface area contributed by atoms with Crippen LogP contribution in [0.2, 0.25) is 0 Å². The van der Waals surface area contributed by atoms with Crippen LogP contribution in [0.5, 0.6) is 0 Å². The highest BCUT2D eigenvalue weighted by molar-refractivity contribution is 5.64. The topological polar surface area (TPSA) is 133 Å². The summed E-state index contributed by atoms with van der Waals surface area (Å²) >= 11 is 0. The summed E-state index contributed by atoms with van der Waals surface area (Å²) in [6.45, 7) is 4.82. The Balaban J connectivity index is 0.000000181. The molecule has 0 saturated carbocycles. The third kappa shape index (κ3) is 8.28. The van der Waals surface area contributed by atoms with E-state index in [0.717, 1.165) is 47.0 Å². The predicted octanol–water partition coefficient (Wildman–Crippen LogP) is 8.14. The van der Waals surface area contributed by atoms with Crippen LogP contribution in [0, 0.1) is 6.92 Å². The molecule has 0 aromatic carbocycles. The smallest absolute Gasteiger partial charge is 0.270 e. The molecular formula is C32H30F4N10. The zero-order valence-corrected chi connectivity index (χ0v) is 25.1. The van der Waals surface area contributed by atoms with Gasteiger partial charge in [-0.1, -0.05) is 6.92 Å². The Hall–Kier alpha value is -5.66. The molecule has 4 N–H and O–H groups in total. The van der Waals surface area contributed by atoms with Crippen molar-refractivity contribution in [2.45, 2.75) is 39.5 Å². The lowest BCUT2D eigenvalue weighted by molar-refractivity contribution is 0.0174. The molecule has 0 spiro atoms. The van der Waals surface area contributed by atoms with E-state index in [4.69, 9.17) is 0 Å². The first-order valence-electron chi connectivity index (χ1n) is 14.2. The van der Waals surface area contributed by atoms with E-state index < -0.39 is 12.3 Å². The fourth-order valence-electron chi connectivity index (χ4n) is 4.35. The average molecular weight is 631 g/mol. The maximum atomic E-state index is 13.4. The standard InChI is InChI=1S/2C16H15F2N5/c1-10-5-13(11-8-20-21-9-11)22-15(6-10)23-14-7-12(3-4-19-14)16(2,17)18;1-2-10-5-13(12-8-20-21-9-12)22-15(6-10)23-14-7-11(16(17)18)3-4-19-14/h3-9H,1-2H3,(H,20,21)(H,19,22,23);3-9,16H,2H2,1H3,(H,20,21)(H,19,22,23). The predicted molar refractivity (Wildman–Crippen MR) is 167 cm³/mol. The lowest BCUT2D eigenvalue weighted by Gasteiger charge is -2.12. The van der Waals surface area contributed by atoms with Crippen LogP contribution in [0.4, 0.5) is 40.8 Å². The van der Waals surface area contributed by atoms with Gasteiger partial charge in [-0.15, -0.1) is 0 Å². The van der Waals surface area contributed by atoms with Crippen molar-refractivity contribution in [1.29, 1.82) is 0 Å². The molecule has 0 aliphatic carbocycles. The molecule has 10 nitrogen and oxygen atoms in total. The zero-order chi connectivity index (χ0) is 32.7. The summed E-state index contributed by atoms with van der Waals surface area (Å²) in [7, 11) is 0. The highest BCUT2D eigenvalue weighted by Gasteiger charge is 2.24.